The van der Waals surface area contributed by atoms with E-state index in [2.05, 4.69) is 21.2 Å². The number of rotatable bonds is 5. The Bertz CT molecular complexity index is 742. The van der Waals surface area contributed by atoms with Crippen LogP contribution in [0.3, 0.4) is 0 Å². The Hall–Kier alpha value is -2.14. The molecular weight excluding hydrogens is 368 g/mol. The number of benzene rings is 2. The van der Waals surface area contributed by atoms with E-state index in [4.69, 9.17) is 0 Å². The molecule has 0 aliphatic heterocycles. The van der Waals surface area contributed by atoms with Crippen molar-refractivity contribution in [2.75, 3.05) is 11.9 Å². The van der Waals surface area contributed by atoms with Crippen LogP contribution in [0.5, 0.6) is 0 Å². The minimum absolute atomic E-state index is 0.0265. The zero-order valence-electron chi connectivity index (χ0n) is 14.1. The highest BCUT2D eigenvalue weighted by Crippen LogP contribution is 2.20. The molecule has 0 fully saturated rings. The number of nitrogens with zero attached hydrogens (tertiary/aromatic N) is 1. The monoisotopic (exact) mass is 388 g/mol. The molecule has 0 aromatic heterocycles. The first-order chi connectivity index (χ1) is 11.3. The smallest absolute Gasteiger partial charge is 0.244 e. The summed E-state index contributed by atoms with van der Waals surface area (Å²) in [6.45, 7) is 5.86. The minimum atomic E-state index is -0.206. The van der Waals surface area contributed by atoms with Gasteiger partial charge in [0.05, 0.1) is 0 Å². The molecule has 0 bridgehead atoms. The number of carbonyl (C=O) groups excluding carboxylic acids is 2. The van der Waals surface area contributed by atoms with Gasteiger partial charge >= 0.3 is 0 Å². The van der Waals surface area contributed by atoms with Gasteiger partial charge in [0.15, 0.2) is 0 Å². The Kier molecular flexibility index (Phi) is 6.15. The Morgan fingerprint density at radius 1 is 1.08 bits per heavy atom. The molecule has 126 valence electrons. The van der Waals surface area contributed by atoms with Crippen molar-refractivity contribution < 1.29 is 9.59 Å². The molecule has 2 amide bonds. The number of aryl methyl sites for hydroxylation is 2. The van der Waals surface area contributed by atoms with Crippen LogP contribution in [0.2, 0.25) is 0 Å². The maximum atomic E-state index is 12.3. The maximum Gasteiger partial charge on any atom is 0.244 e. The molecule has 0 aliphatic carbocycles. The van der Waals surface area contributed by atoms with Crippen LogP contribution >= 0.6 is 15.9 Å². The minimum Gasteiger partial charge on any atom is -0.329 e. The van der Waals surface area contributed by atoms with Gasteiger partial charge < -0.3 is 10.2 Å². The fraction of sp³-hybridized carbons (Fsp3) is 0.263. The van der Waals surface area contributed by atoms with Gasteiger partial charge in [-0.15, -0.1) is 0 Å². The van der Waals surface area contributed by atoms with Crippen molar-refractivity contribution in [3.05, 3.63) is 63.6 Å². The first-order valence-electron chi connectivity index (χ1n) is 7.72. The number of hydrogen-bond acceptors (Lipinski definition) is 2. The van der Waals surface area contributed by atoms with Crippen LogP contribution < -0.4 is 5.32 Å². The highest BCUT2D eigenvalue weighted by atomic mass is 79.9. The lowest BCUT2D eigenvalue weighted by Crippen LogP contribution is -2.36. The molecule has 0 radical (unpaired) electrons. The summed E-state index contributed by atoms with van der Waals surface area (Å²) < 4.78 is 0.961. The second kappa shape index (κ2) is 8.11. The predicted octanol–water partition coefficient (Wildman–Crippen LogP) is 4.05. The second-order valence-electron chi connectivity index (χ2n) is 5.87. The topological polar surface area (TPSA) is 49.4 Å². The van der Waals surface area contributed by atoms with Crippen LogP contribution in [-0.2, 0) is 16.1 Å². The van der Waals surface area contributed by atoms with Crippen molar-refractivity contribution in [2.45, 2.75) is 27.3 Å². The fourth-order valence-electron chi connectivity index (χ4n) is 2.32. The summed E-state index contributed by atoms with van der Waals surface area (Å²) in [4.78, 5) is 25.7. The Balaban J connectivity index is 2.02. The highest BCUT2D eigenvalue weighted by Gasteiger charge is 2.15. The normalized spacial score (nSPS) is 10.3. The molecule has 24 heavy (non-hydrogen) atoms. The van der Waals surface area contributed by atoms with E-state index in [1.807, 2.05) is 56.3 Å². The first kappa shape index (κ1) is 18.2. The van der Waals surface area contributed by atoms with Crippen LogP contribution in [0.15, 0.2) is 46.9 Å². The standard InChI is InChI=1S/C19H21BrN2O2/c1-13-4-6-16(7-5-13)11-22(15(3)23)12-19(24)21-18-9-8-17(20)10-14(18)2/h4-10H,11-12H2,1-3H3,(H,21,24). The number of halogens is 1. The second-order valence-corrected chi connectivity index (χ2v) is 6.78. The van der Waals surface area contributed by atoms with Gasteiger partial charge in [-0.2, -0.15) is 0 Å². The molecular formula is C19H21BrN2O2. The fourth-order valence-corrected chi connectivity index (χ4v) is 2.80. The Labute approximate surface area is 151 Å². The third-order valence-corrected chi connectivity index (χ3v) is 4.23. The summed E-state index contributed by atoms with van der Waals surface area (Å²) in [5.74, 6) is -0.332. The van der Waals surface area contributed by atoms with Gasteiger partial charge in [0.1, 0.15) is 6.54 Å². The molecule has 0 atom stereocenters. The van der Waals surface area contributed by atoms with E-state index in [1.54, 1.807) is 0 Å². The zero-order chi connectivity index (χ0) is 17.7. The van der Waals surface area contributed by atoms with Gasteiger partial charge in [-0.1, -0.05) is 45.8 Å². The molecule has 2 aromatic rings. The zero-order valence-corrected chi connectivity index (χ0v) is 15.7. The van der Waals surface area contributed by atoms with Crippen molar-refractivity contribution in [3.63, 3.8) is 0 Å². The molecule has 0 heterocycles. The van der Waals surface area contributed by atoms with E-state index in [-0.39, 0.29) is 18.4 Å². The molecule has 0 aliphatic rings. The summed E-state index contributed by atoms with van der Waals surface area (Å²) in [5.41, 5.74) is 3.88. The summed E-state index contributed by atoms with van der Waals surface area (Å²) in [6, 6.07) is 13.6. The van der Waals surface area contributed by atoms with E-state index < -0.39 is 0 Å². The van der Waals surface area contributed by atoms with E-state index in [0.717, 1.165) is 26.9 Å². The summed E-state index contributed by atoms with van der Waals surface area (Å²) in [7, 11) is 0. The molecule has 2 rings (SSSR count). The number of amides is 2. The average Bonchev–Trinajstić information content (AvgIpc) is 2.51. The van der Waals surface area contributed by atoms with Gasteiger partial charge in [0, 0.05) is 23.6 Å². The van der Waals surface area contributed by atoms with Gasteiger partial charge in [-0.3, -0.25) is 9.59 Å². The van der Waals surface area contributed by atoms with E-state index in [9.17, 15) is 9.59 Å². The summed E-state index contributed by atoms with van der Waals surface area (Å²) in [6.07, 6.45) is 0. The molecule has 0 saturated heterocycles. The van der Waals surface area contributed by atoms with Gasteiger partial charge in [0.25, 0.3) is 0 Å². The third kappa shape index (κ3) is 5.20. The lowest BCUT2D eigenvalue weighted by atomic mass is 10.1. The predicted molar refractivity (Wildman–Crippen MR) is 99.8 cm³/mol. The number of anilines is 1. The molecule has 5 heteroatoms. The molecule has 2 aromatic carbocycles. The molecule has 0 spiro atoms. The lowest BCUT2D eigenvalue weighted by Gasteiger charge is -2.21. The quantitative estimate of drug-likeness (QED) is 0.839. The lowest BCUT2D eigenvalue weighted by molar-refractivity contribution is -0.133. The van der Waals surface area contributed by atoms with Gasteiger partial charge in [-0.05, 0) is 43.2 Å². The largest absolute Gasteiger partial charge is 0.329 e. The maximum absolute atomic E-state index is 12.3. The van der Waals surface area contributed by atoms with E-state index in [1.165, 1.54) is 11.8 Å². The molecule has 0 saturated carbocycles. The Morgan fingerprint density at radius 3 is 2.33 bits per heavy atom. The van der Waals surface area contributed by atoms with Gasteiger partial charge in [-0.25, -0.2) is 0 Å². The Morgan fingerprint density at radius 2 is 1.75 bits per heavy atom. The summed E-state index contributed by atoms with van der Waals surface area (Å²) >= 11 is 3.40. The van der Waals surface area contributed by atoms with Gasteiger partial charge in [0.2, 0.25) is 11.8 Å². The van der Waals surface area contributed by atoms with Crippen molar-refractivity contribution >= 4 is 33.4 Å². The summed E-state index contributed by atoms with van der Waals surface area (Å²) in [5, 5.41) is 2.86. The van der Waals surface area contributed by atoms with Crippen molar-refractivity contribution in [1.82, 2.24) is 4.90 Å². The molecule has 0 unspecified atom stereocenters. The van der Waals surface area contributed by atoms with E-state index in [0.29, 0.717) is 6.54 Å². The average molecular weight is 389 g/mol. The molecule has 1 N–H and O–H groups in total. The number of nitrogens with one attached hydrogen (secondary N) is 1. The highest BCUT2D eigenvalue weighted by molar-refractivity contribution is 9.10. The SMILES string of the molecule is CC(=O)N(CC(=O)Nc1ccc(Br)cc1C)Cc1ccc(C)cc1. The van der Waals surface area contributed by atoms with Crippen LogP contribution in [0.1, 0.15) is 23.6 Å². The van der Waals surface area contributed by atoms with E-state index >= 15 is 0 Å². The third-order valence-electron chi connectivity index (χ3n) is 3.74. The van der Waals surface area contributed by atoms with Crippen LogP contribution in [-0.4, -0.2) is 23.3 Å². The number of hydrogen-bond donors (Lipinski definition) is 1. The molecule has 4 nitrogen and oxygen atoms in total. The van der Waals surface area contributed by atoms with Crippen LogP contribution in [0.25, 0.3) is 0 Å². The van der Waals surface area contributed by atoms with Crippen molar-refractivity contribution in [2.24, 2.45) is 0 Å². The number of carbonyl (C=O) groups is 2. The van der Waals surface area contributed by atoms with Crippen LogP contribution in [0.4, 0.5) is 5.69 Å². The first-order valence-corrected chi connectivity index (χ1v) is 8.51. The van der Waals surface area contributed by atoms with Crippen molar-refractivity contribution in [3.8, 4) is 0 Å². The van der Waals surface area contributed by atoms with Crippen molar-refractivity contribution in [1.29, 1.82) is 0 Å². The van der Waals surface area contributed by atoms with Crippen LogP contribution in [0, 0.1) is 13.8 Å².